The van der Waals surface area contributed by atoms with Crippen molar-refractivity contribution in [2.45, 2.75) is 52.4 Å². The van der Waals surface area contributed by atoms with Gasteiger partial charge < -0.3 is 9.47 Å². The van der Waals surface area contributed by atoms with Crippen LogP contribution in [-0.2, 0) is 19.1 Å². The second-order valence-corrected chi connectivity index (χ2v) is 10.9. The number of carbonyl (C=O) groups is 2. The van der Waals surface area contributed by atoms with Crippen molar-refractivity contribution in [1.82, 2.24) is 0 Å². The maximum Gasteiger partial charge on any atom is 0.384 e. The van der Waals surface area contributed by atoms with Crippen molar-refractivity contribution in [2.24, 2.45) is 0 Å². The van der Waals surface area contributed by atoms with Gasteiger partial charge in [-0.3, -0.25) is 4.79 Å². The second kappa shape index (κ2) is 18.5. The summed E-state index contributed by atoms with van der Waals surface area (Å²) in [6.45, 7) is 4.11. The molecule has 232 valence electrons. The number of unbranched alkanes of at least 4 members (excludes halogenated alkanes) is 5. The molecule has 0 aromatic heterocycles. The predicted octanol–water partition coefficient (Wildman–Crippen LogP) is 8.86. The van der Waals surface area contributed by atoms with Crippen LogP contribution in [0.5, 0.6) is 0 Å². The van der Waals surface area contributed by atoms with Crippen molar-refractivity contribution >= 4 is 23.1 Å². The quantitative estimate of drug-likeness (QED) is 0.0659. The van der Waals surface area contributed by atoms with Crippen molar-refractivity contribution in [2.75, 3.05) is 13.2 Å². The van der Waals surface area contributed by atoms with E-state index in [4.69, 9.17) is 9.47 Å². The molecule has 0 N–H and O–H groups in total. The molecule has 0 unspecified atom stereocenters. The van der Waals surface area contributed by atoms with Gasteiger partial charge in [-0.05, 0) is 77.4 Å². The highest BCUT2D eigenvalue weighted by atomic mass is 16.5. The molecular formula is C42H40O4. The van der Waals surface area contributed by atoms with E-state index in [1.165, 1.54) is 6.92 Å². The van der Waals surface area contributed by atoms with Gasteiger partial charge in [0.25, 0.3) is 0 Å². The van der Waals surface area contributed by atoms with E-state index in [0.29, 0.717) is 13.2 Å². The molecule has 0 fully saturated rings. The monoisotopic (exact) mass is 608 g/mol. The Morgan fingerprint density at radius 2 is 0.935 bits per heavy atom. The Morgan fingerprint density at radius 3 is 1.39 bits per heavy atom. The van der Waals surface area contributed by atoms with Crippen molar-refractivity contribution in [3.05, 3.63) is 143 Å². The van der Waals surface area contributed by atoms with Gasteiger partial charge in [0.1, 0.15) is 0 Å². The first kappa shape index (κ1) is 33.6. The Kier molecular flexibility index (Phi) is 13.5. The molecule has 4 rings (SSSR count). The van der Waals surface area contributed by atoms with Crippen LogP contribution in [0.3, 0.4) is 0 Å². The Labute approximate surface area is 273 Å². The third kappa shape index (κ3) is 10.7. The van der Waals surface area contributed by atoms with Gasteiger partial charge >= 0.3 is 11.9 Å². The lowest BCUT2D eigenvalue weighted by Gasteiger charge is -2.18. The summed E-state index contributed by atoms with van der Waals surface area (Å²) in [4.78, 5) is 23.0. The van der Waals surface area contributed by atoms with Crippen LogP contribution < -0.4 is 0 Å². The van der Waals surface area contributed by atoms with Gasteiger partial charge in [0.05, 0.1) is 13.2 Å². The normalized spacial score (nSPS) is 10.8. The van der Waals surface area contributed by atoms with Crippen LogP contribution in [0.4, 0.5) is 0 Å². The van der Waals surface area contributed by atoms with Gasteiger partial charge in [0.2, 0.25) is 0 Å². The summed E-state index contributed by atoms with van der Waals surface area (Å²) in [7, 11) is 0. The van der Waals surface area contributed by atoms with E-state index in [9.17, 15) is 9.59 Å². The fraction of sp³-hybridized carbons (Fsp3) is 0.238. The van der Waals surface area contributed by atoms with Gasteiger partial charge in [-0.2, -0.15) is 0 Å². The minimum Gasteiger partial charge on any atom is -0.466 e. The largest absolute Gasteiger partial charge is 0.466 e. The molecule has 0 bridgehead atoms. The molecule has 0 aliphatic rings. The molecule has 0 aliphatic heterocycles. The van der Waals surface area contributed by atoms with Crippen LogP contribution in [0, 0.1) is 23.7 Å². The standard InChI is InChI=1S/C42H40O4/c1-3-16-34-21-26-38(27-22-34)41(36-17-10-8-11-18-36)42(37-19-12-9-13-20-37)39-28-23-35(24-29-39)25-30-40(44)46-32-15-7-5-4-6-14-31-45-33(2)43/h8-13,17-24,26-29H,4-7,14-15,31-32H2,1-2H3. The molecule has 4 nitrogen and oxygen atoms in total. The fourth-order valence-electron chi connectivity index (χ4n) is 5.16. The zero-order chi connectivity index (χ0) is 32.4. The molecule has 0 atom stereocenters. The van der Waals surface area contributed by atoms with E-state index >= 15 is 0 Å². The third-order valence-electron chi connectivity index (χ3n) is 7.38. The first-order valence-electron chi connectivity index (χ1n) is 15.9. The Balaban J connectivity index is 1.47. The topological polar surface area (TPSA) is 52.6 Å². The number of benzene rings is 4. The Hall–Kier alpha value is -5.32. The fourth-order valence-corrected chi connectivity index (χ4v) is 5.16. The molecule has 4 aromatic rings. The molecule has 46 heavy (non-hydrogen) atoms. The number of hydrogen-bond donors (Lipinski definition) is 0. The zero-order valence-corrected chi connectivity index (χ0v) is 26.7. The lowest BCUT2D eigenvalue weighted by atomic mass is 9.85. The van der Waals surface area contributed by atoms with Crippen LogP contribution in [0.15, 0.2) is 109 Å². The molecule has 0 saturated carbocycles. The SMILES string of the molecule is CC#Cc1ccc(C(=C(c2ccccc2)c2ccc(C#CC(=O)OCCCCCCCCOC(C)=O)cc2)c2ccccc2)cc1. The van der Waals surface area contributed by atoms with Gasteiger partial charge in [-0.15, -0.1) is 5.92 Å². The van der Waals surface area contributed by atoms with Crippen molar-refractivity contribution in [3.63, 3.8) is 0 Å². The summed E-state index contributed by atoms with van der Waals surface area (Å²) in [5.74, 6) is 11.0. The van der Waals surface area contributed by atoms with Gasteiger partial charge in [-0.1, -0.05) is 122 Å². The molecule has 4 aromatic carbocycles. The van der Waals surface area contributed by atoms with Crippen molar-refractivity contribution < 1.29 is 19.1 Å². The number of esters is 2. The molecule has 0 saturated heterocycles. The maximum absolute atomic E-state index is 12.3. The highest BCUT2D eigenvalue weighted by Gasteiger charge is 2.16. The molecule has 0 spiro atoms. The van der Waals surface area contributed by atoms with Crippen LogP contribution in [-0.4, -0.2) is 25.2 Å². The minimum absolute atomic E-state index is 0.232. The highest BCUT2D eigenvalue weighted by Crippen LogP contribution is 2.37. The van der Waals surface area contributed by atoms with Gasteiger partial charge in [0, 0.05) is 24.0 Å². The smallest absolute Gasteiger partial charge is 0.384 e. The number of ether oxygens (including phenoxy) is 2. The van der Waals surface area contributed by atoms with Crippen molar-refractivity contribution in [1.29, 1.82) is 0 Å². The summed E-state index contributed by atoms with van der Waals surface area (Å²) in [5, 5.41) is 0. The van der Waals surface area contributed by atoms with E-state index in [1.54, 1.807) is 0 Å². The van der Waals surface area contributed by atoms with E-state index in [-0.39, 0.29) is 5.97 Å². The van der Waals surface area contributed by atoms with Crippen LogP contribution in [0.1, 0.15) is 85.8 Å². The highest BCUT2D eigenvalue weighted by molar-refractivity contribution is 6.04. The lowest BCUT2D eigenvalue weighted by Crippen LogP contribution is -2.03. The maximum atomic E-state index is 12.3. The van der Waals surface area contributed by atoms with E-state index in [0.717, 1.165) is 83.1 Å². The lowest BCUT2D eigenvalue weighted by molar-refractivity contribution is -0.141. The average molecular weight is 609 g/mol. The summed E-state index contributed by atoms with van der Waals surface area (Å²) >= 11 is 0. The summed E-state index contributed by atoms with van der Waals surface area (Å²) in [6.07, 6.45) is 5.81. The van der Waals surface area contributed by atoms with Crippen LogP contribution >= 0.6 is 0 Å². The first-order valence-corrected chi connectivity index (χ1v) is 15.9. The van der Waals surface area contributed by atoms with Crippen molar-refractivity contribution in [3.8, 4) is 23.7 Å². The molecule has 0 aliphatic carbocycles. The molecule has 0 amide bonds. The average Bonchev–Trinajstić information content (AvgIpc) is 3.08. The van der Waals surface area contributed by atoms with E-state index in [1.807, 2.05) is 31.2 Å². The summed E-state index contributed by atoms with van der Waals surface area (Å²) in [5.41, 5.74) is 8.29. The summed E-state index contributed by atoms with van der Waals surface area (Å²) in [6, 6.07) is 37.2. The molecular weight excluding hydrogens is 568 g/mol. The number of carbonyl (C=O) groups excluding carboxylic acids is 2. The van der Waals surface area contributed by atoms with Gasteiger partial charge in [-0.25, -0.2) is 4.79 Å². The van der Waals surface area contributed by atoms with Crippen LogP contribution in [0.2, 0.25) is 0 Å². The number of rotatable bonds is 13. The molecule has 0 heterocycles. The van der Waals surface area contributed by atoms with E-state index < -0.39 is 5.97 Å². The summed E-state index contributed by atoms with van der Waals surface area (Å²) < 4.78 is 10.3. The van der Waals surface area contributed by atoms with E-state index in [2.05, 4.69) is 109 Å². The zero-order valence-electron chi connectivity index (χ0n) is 26.7. The Bertz CT molecular complexity index is 1710. The van der Waals surface area contributed by atoms with Crippen LogP contribution in [0.25, 0.3) is 11.1 Å². The first-order chi connectivity index (χ1) is 22.5. The molecule has 4 heteroatoms. The van der Waals surface area contributed by atoms with Gasteiger partial charge in [0.15, 0.2) is 0 Å². The predicted molar refractivity (Wildman–Crippen MR) is 186 cm³/mol. The second-order valence-electron chi connectivity index (χ2n) is 10.9. The number of hydrogen-bond acceptors (Lipinski definition) is 4. The Morgan fingerprint density at radius 1 is 0.522 bits per heavy atom. The molecule has 0 radical (unpaired) electrons. The minimum atomic E-state index is -0.516. The third-order valence-corrected chi connectivity index (χ3v) is 7.38.